The molecule has 0 bridgehead atoms. The molecule has 0 spiro atoms. The first-order chi connectivity index (χ1) is 14.0. The maximum atomic E-state index is 13.0. The number of anilines is 1. The molecule has 4 rings (SSSR count). The minimum absolute atomic E-state index is 0.130. The van der Waals surface area contributed by atoms with Crippen LogP contribution in [0.4, 0.5) is 5.69 Å². The Morgan fingerprint density at radius 2 is 1.83 bits per heavy atom. The molecule has 1 amide bonds. The lowest BCUT2D eigenvalue weighted by Gasteiger charge is -2.37. The average Bonchev–Trinajstić information content (AvgIpc) is 3.28. The molecule has 0 aliphatic carbocycles. The Bertz CT molecular complexity index is 1060. The van der Waals surface area contributed by atoms with Crippen molar-refractivity contribution in [3.05, 3.63) is 70.2 Å². The normalized spacial score (nSPS) is 15.4. The third-order valence-corrected chi connectivity index (χ3v) is 5.43. The van der Waals surface area contributed by atoms with Crippen molar-refractivity contribution in [2.24, 2.45) is 0 Å². The van der Waals surface area contributed by atoms with Crippen LogP contribution in [-0.2, 0) is 4.79 Å². The maximum Gasteiger partial charge on any atom is 0.267 e. The molecule has 1 unspecified atom stereocenters. The smallest absolute Gasteiger partial charge is 0.267 e. The number of hydrogen-bond acceptors (Lipinski definition) is 5. The van der Waals surface area contributed by atoms with E-state index in [9.17, 15) is 9.59 Å². The molecule has 2 aromatic heterocycles. The summed E-state index contributed by atoms with van der Waals surface area (Å²) in [6.07, 6.45) is 1.54. The molecular formula is C21H21ClN4O3. The van der Waals surface area contributed by atoms with Crippen molar-refractivity contribution in [3.63, 3.8) is 0 Å². The Hall–Kier alpha value is -3.06. The van der Waals surface area contributed by atoms with Gasteiger partial charge in [-0.1, -0.05) is 23.7 Å². The van der Waals surface area contributed by atoms with Crippen LogP contribution in [0.3, 0.4) is 0 Å². The molecule has 150 valence electrons. The van der Waals surface area contributed by atoms with E-state index in [1.807, 2.05) is 24.3 Å². The van der Waals surface area contributed by atoms with E-state index in [0.717, 1.165) is 5.69 Å². The van der Waals surface area contributed by atoms with Gasteiger partial charge in [-0.05, 0) is 37.3 Å². The summed E-state index contributed by atoms with van der Waals surface area (Å²) in [5.41, 5.74) is 1.16. The van der Waals surface area contributed by atoms with Gasteiger partial charge in [0.15, 0.2) is 5.76 Å². The first-order valence-electron chi connectivity index (χ1n) is 9.46. The SMILES string of the molecule is CC(C(=O)N1CCN(c2ccccc2Cl)CC1)n1nc(-c2ccco2)ccc1=O. The second-order valence-electron chi connectivity index (χ2n) is 6.92. The van der Waals surface area contributed by atoms with E-state index in [4.69, 9.17) is 16.0 Å². The summed E-state index contributed by atoms with van der Waals surface area (Å²) in [4.78, 5) is 29.3. The zero-order valence-electron chi connectivity index (χ0n) is 16.0. The number of piperazine rings is 1. The van der Waals surface area contributed by atoms with Crippen LogP contribution in [0.25, 0.3) is 11.5 Å². The lowest BCUT2D eigenvalue weighted by atomic mass is 10.2. The average molecular weight is 413 g/mol. The van der Waals surface area contributed by atoms with Gasteiger partial charge in [0, 0.05) is 32.2 Å². The van der Waals surface area contributed by atoms with E-state index in [1.54, 1.807) is 36.3 Å². The van der Waals surface area contributed by atoms with Gasteiger partial charge in [0.05, 0.1) is 17.0 Å². The van der Waals surface area contributed by atoms with Crippen LogP contribution in [0.5, 0.6) is 0 Å². The Labute approximate surface area is 173 Å². The number of para-hydroxylation sites is 1. The number of carbonyl (C=O) groups is 1. The highest BCUT2D eigenvalue weighted by Crippen LogP contribution is 2.26. The summed E-state index contributed by atoms with van der Waals surface area (Å²) >= 11 is 6.29. The standard InChI is InChI=1S/C21H21ClN4O3/c1-15(26-20(27)9-8-17(23-26)19-7-4-14-29-19)21(28)25-12-10-24(11-13-25)18-6-3-2-5-16(18)22/h2-9,14-15H,10-13H2,1H3. The molecule has 0 N–H and O–H groups in total. The number of carbonyl (C=O) groups excluding carboxylic acids is 1. The van der Waals surface area contributed by atoms with Crippen molar-refractivity contribution < 1.29 is 9.21 Å². The van der Waals surface area contributed by atoms with Crippen LogP contribution in [0.1, 0.15) is 13.0 Å². The molecule has 1 fully saturated rings. The van der Waals surface area contributed by atoms with Gasteiger partial charge in [-0.2, -0.15) is 5.10 Å². The fourth-order valence-electron chi connectivity index (χ4n) is 3.50. The van der Waals surface area contributed by atoms with E-state index in [1.165, 1.54) is 10.7 Å². The lowest BCUT2D eigenvalue weighted by molar-refractivity contribution is -0.135. The van der Waals surface area contributed by atoms with Crippen molar-refractivity contribution in [2.75, 3.05) is 31.1 Å². The molecule has 8 heteroatoms. The Morgan fingerprint density at radius 3 is 2.52 bits per heavy atom. The van der Waals surface area contributed by atoms with Crippen LogP contribution >= 0.6 is 11.6 Å². The Kier molecular flexibility index (Phi) is 5.40. The van der Waals surface area contributed by atoms with Gasteiger partial charge in [0.2, 0.25) is 5.91 Å². The van der Waals surface area contributed by atoms with Gasteiger partial charge in [-0.25, -0.2) is 4.68 Å². The number of furan rings is 1. The molecule has 0 saturated carbocycles. The molecule has 1 aliphatic rings. The van der Waals surface area contributed by atoms with Gasteiger partial charge in [0.1, 0.15) is 11.7 Å². The molecule has 29 heavy (non-hydrogen) atoms. The first kappa shape index (κ1) is 19.3. The summed E-state index contributed by atoms with van der Waals surface area (Å²) in [7, 11) is 0. The highest BCUT2D eigenvalue weighted by atomic mass is 35.5. The summed E-state index contributed by atoms with van der Waals surface area (Å²) in [5.74, 6) is 0.418. The van der Waals surface area contributed by atoms with E-state index in [0.29, 0.717) is 42.7 Å². The van der Waals surface area contributed by atoms with Crippen LogP contribution < -0.4 is 10.5 Å². The lowest BCUT2D eigenvalue weighted by Crippen LogP contribution is -2.51. The van der Waals surface area contributed by atoms with E-state index < -0.39 is 6.04 Å². The van der Waals surface area contributed by atoms with Crippen molar-refractivity contribution in [1.29, 1.82) is 0 Å². The van der Waals surface area contributed by atoms with Gasteiger partial charge in [0.25, 0.3) is 5.56 Å². The summed E-state index contributed by atoms with van der Waals surface area (Å²) in [6.45, 7) is 4.17. The minimum Gasteiger partial charge on any atom is -0.463 e. The number of hydrogen-bond donors (Lipinski definition) is 0. The van der Waals surface area contributed by atoms with Crippen molar-refractivity contribution in [3.8, 4) is 11.5 Å². The second-order valence-corrected chi connectivity index (χ2v) is 7.33. The number of halogens is 1. The zero-order valence-corrected chi connectivity index (χ0v) is 16.7. The van der Waals surface area contributed by atoms with E-state index in [2.05, 4.69) is 10.00 Å². The highest BCUT2D eigenvalue weighted by Gasteiger charge is 2.27. The fourth-order valence-corrected chi connectivity index (χ4v) is 3.76. The largest absolute Gasteiger partial charge is 0.463 e. The molecule has 1 atom stereocenters. The number of nitrogens with zero attached hydrogens (tertiary/aromatic N) is 4. The molecule has 1 aromatic carbocycles. The van der Waals surface area contributed by atoms with Gasteiger partial charge < -0.3 is 14.2 Å². The van der Waals surface area contributed by atoms with Gasteiger partial charge in [-0.3, -0.25) is 9.59 Å². The van der Waals surface area contributed by atoms with Gasteiger partial charge >= 0.3 is 0 Å². The first-order valence-corrected chi connectivity index (χ1v) is 9.84. The van der Waals surface area contributed by atoms with Crippen LogP contribution in [0.2, 0.25) is 5.02 Å². The van der Waals surface area contributed by atoms with E-state index in [-0.39, 0.29) is 11.5 Å². The summed E-state index contributed by atoms with van der Waals surface area (Å²) < 4.78 is 6.57. The van der Waals surface area contributed by atoms with Crippen LogP contribution in [-0.4, -0.2) is 46.8 Å². The molecule has 3 heterocycles. The van der Waals surface area contributed by atoms with Gasteiger partial charge in [-0.15, -0.1) is 0 Å². The van der Waals surface area contributed by atoms with Crippen LogP contribution in [0, 0.1) is 0 Å². The van der Waals surface area contributed by atoms with Crippen molar-refractivity contribution >= 4 is 23.2 Å². The highest BCUT2D eigenvalue weighted by molar-refractivity contribution is 6.33. The molecular weight excluding hydrogens is 392 g/mol. The summed E-state index contributed by atoms with van der Waals surface area (Å²) in [6, 6.07) is 13.5. The quantitative estimate of drug-likeness (QED) is 0.658. The summed E-state index contributed by atoms with van der Waals surface area (Å²) in [5, 5.41) is 5.04. The number of benzene rings is 1. The molecule has 0 radical (unpaired) electrons. The monoisotopic (exact) mass is 412 g/mol. The Morgan fingerprint density at radius 1 is 1.07 bits per heavy atom. The minimum atomic E-state index is -0.704. The predicted molar refractivity (Wildman–Crippen MR) is 111 cm³/mol. The van der Waals surface area contributed by atoms with Crippen molar-refractivity contribution in [1.82, 2.24) is 14.7 Å². The Balaban J connectivity index is 1.47. The van der Waals surface area contributed by atoms with E-state index >= 15 is 0 Å². The third-order valence-electron chi connectivity index (χ3n) is 5.11. The second kappa shape index (κ2) is 8.13. The number of aromatic nitrogens is 2. The molecule has 7 nitrogen and oxygen atoms in total. The maximum absolute atomic E-state index is 13.0. The zero-order chi connectivity index (χ0) is 20.4. The number of rotatable bonds is 4. The van der Waals surface area contributed by atoms with Crippen LogP contribution in [0.15, 0.2) is 64.0 Å². The number of amides is 1. The predicted octanol–water partition coefficient (Wildman–Crippen LogP) is 3.07. The molecule has 3 aromatic rings. The van der Waals surface area contributed by atoms with Crippen molar-refractivity contribution in [2.45, 2.75) is 13.0 Å². The molecule has 1 saturated heterocycles. The third kappa shape index (κ3) is 3.91. The molecule has 1 aliphatic heterocycles. The topological polar surface area (TPSA) is 71.6 Å². The fraction of sp³-hybridized carbons (Fsp3) is 0.286.